The summed E-state index contributed by atoms with van der Waals surface area (Å²) >= 11 is 0. The van der Waals surface area contributed by atoms with Gasteiger partial charge in [0.1, 0.15) is 6.54 Å². The molecule has 2 aromatic carbocycles. The lowest BCUT2D eigenvalue weighted by Gasteiger charge is -2.39. The van der Waals surface area contributed by atoms with Crippen LogP contribution in [-0.4, -0.2) is 38.3 Å². The summed E-state index contributed by atoms with van der Waals surface area (Å²) in [5, 5.41) is 6.66. The summed E-state index contributed by atoms with van der Waals surface area (Å²) in [4.78, 5) is 27.2. The highest BCUT2D eigenvalue weighted by molar-refractivity contribution is 5.93. The summed E-state index contributed by atoms with van der Waals surface area (Å²) in [6.45, 7) is 7.15. The number of nitrogens with zero attached hydrogens (tertiary/aromatic N) is 3. The first-order chi connectivity index (χ1) is 14.6. The first-order valence-electron chi connectivity index (χ1n) is 10.5. The molecule has 1 amide bonds. The normalized spacial score (nSPS) is 21.1. The van der Waals surface area contributed by atoms with Crippen molar-refractivity contribution < 1.29 is 9.53 Å². The van der Waals surface area contributed by atoms with Crippen molar-refractivity contribution in [3.8, 4) is 0 Å². The standard InChI is InChI=1S/C23H28N4O3/c1-16-13-22(21-14-18(15-24-29)3-8-23(21)27(16)17(2)28)25-19-4-6-20(7-5-19)26-9-11-30-12-10-26/h3-8,14,16,22,25H,9-13,15H2,1-2H3. The Morgan fingerprint density at radius 3 is 2.57 bits per heavy atom. The van der Waals surface area contributed by atoms with Gasteiger partial charge in [0.15, 0.2) is 0 Å². The monoisotopic (exact) mass is 408 g/mol. The lowest BCUT2D eigenvalue weighted by molar-refractivity contribution is -0.117. The minimum atomic E-state index is 0.0262. The van der Waals surface area contributed by atoms with E-state index in [9.17, 15) is 9.70 Å². The number of rotatable bonds is 5. The van der Waals surface area contributed by atoms with Crippen LogP contribution in [-0.2, 0) is 16.1 Å². The fourth-order valence-electron chi connectivity index (χ4n) is 4.49. The van der Waals surface area contributed by atoms with Gasteiger partial charge in [-0.05, 0) is 60.9 Å². The highest BCUT2D eigenvalue weighted by Gasteiger charge is 2.32. The van der Waals surface area contributed by atoms with Crippen molar-refractivity contribution in [3.05, 3.63) is 58.5 Å². The second-order valence-electron chi connectivity index (χ2n) is 8.00. The predicted molar refractivity (Wildman–Crippen MR) is 119 cm³/mol. The third kappa shape index (κ3) is 4.16. The minimum absolute atomic E-state index is 0.0262. The van der Waals surface area contributed by atoms with Crippen LogP contribution in [0.25, 0.3) is 0 Å². The number of amides is 1. The SMILES string of the molecule is CC(=O)N1c2ccc(CN=O)cc2C(Nc2ccc(N3CCOCC3)cc2)CC1C. The summed E-state index contributed by atoms with van der Waals surface area (Å²) in [7, 11) is 0. The third-order valence-electron chi connectivity index (χ3n) is 5.92. The molecule has 2 heterocycles. The molecule has 7 nitrogen and oxygen atoms in total. The molecule has 0 aromatic heterocycles. The number of carbonyl (C=O) groups excluding carboxylic acids is 1. The Bertz CT molecular complexity index is 909. The van der Waals surface area contributed by atoms with Crippen LogP contribution in [0.2, 0.25) is 0 Å². The number of anilines is 3. The molecular weight excluding hydrogens is 380 g/mol. The fourth-order valence-corrected chi connectivity index (χ4v) is 4.49. The average molecular weight is 409 g/mol. The maximum Gasteiger partial charge on any atom is 0.224 e. The first-order valence-corrected chi connectivity index (χ1v) is 10.5. The van der Waals surface area contributed by atoms with Crippen molar-refractivity contribution in [2.45, 2.75) is 38.9 Å². The van der Waals surface area contributed by atoms with Crippen molar-refractivity contribution in [1.82, 2.24) is 0 Å². The van der Waals surface area contributed by atoms with E-state index in [1.54, 1.807) is 6.92 Å². The lowest BCUT2D eigenvalue weighted by Crippen LogP contribution is -2.43. The number of carbonyl (C=O) groups is 1. The van der Waals surface area contributed by atoms with E-state index < -0.39 is 0 Å². The van der Waals surface area contributed by atoms with E-state index in [-0.39, 0.29) is 24.5 Å². The van der Waals surface area contributed by atoms with Crippen LogP contribution in [0.3, 0.4) is 0 Å². The van der Waals surface area contributed by atoms with Gasteiger partial charge < -0.3 is 19.9 Å². The molecule has 2 aromatic rings. The Balaban J connectivity index is 1.59. The van der Waals surface area contributed by atoms with E-state index in [0.29, 0.717) is 0 Å². The zero-order chi connectivity index (χ0) is 21.1. The molecule has 0 spiro atoms. The molecule has 1 N–H and O–H groups in total. The van der Waals surface area contributed by atoms with Crippen LogP contribution >= 0.6 is 0 Å². The fraction of sp³-hybridized carbons (Fsp3) is 0.435. The number of hydrogen-bond donors (Lipinski definition) is 1. The number of ether oxygens (including phenoxy) is 1. The summed E-state index contributed by atoms with van der Waals surface area (Å²) in [6, 6.07) is 14.4. The van der Waals surface area contributed by atoms with Crippen LogP contribution in [0.4, 0.5) is 17.1 Å². The highest BCUT2D eigenvalue weighted by Crippen LogP contribution is 2.40. The summed E-state index contributed by atoms with van der Waals surface area (Å²) < 4.78 is 5.43. The zero-order valence-electron chi connectivity index (χ0n) is 17.5. The van der Waals surface area contributed by atoms with Crippen molar-refractivity contribution in [1.29, 1.82) is 0 Å². The molecule has 2 aliphatic heterocycles. The molecule has 4 rings (SSSR count). The molecule has 2 unspecified atom stereocenters. The van der Waals surface area contributed by atoms with Crippen molar-refractivity contribution in [2.75, 3.05) is 41.4 Å². The maximum absolute atomic E-state index is 12.3. The van der Waals surface area contributed by atoms with E-state index in [1.165, 1.54) is 5.69 Å². The van der Waals surface area contributed by atoms with Gasteiger partial charge in [-0.25, -0.2) is 0 Å². The number of fused-ring (bicyclic) bond motifs is 1. The van der Waals surface area contributed by atoms with Gasteiger partial charge in [-0.2, -0.15) is 4.91 Å². The molecule has 0 bridgehead atoms. The van der Waals surface area contributed by atoms with Gasteiger partial charge in [0.25, 0.3) is 0 Å². The quantitative estimate of drug-likeness (QED) is 0.755. The Hall–Kier alpha value is -2.93. The van der Waals surface area contributed by atoms with Crippen LogP contribution < -0.4 is 15.1 Å². The first kappa shape index (κ1) is 20.3. The minimum Gasteiger partial charge on any atom is -0.378 e. The second kappa shape index (κ2) is 8.83. The maximum atomic E-state index is 12.3. The number of nitrogens with one attached hydrogen (secondary N) is 1. The molecule has 0 radical (unpaired) electrons. The number of hydrogen-bond acceptors (Lipinski definition) is 6. The van der Waals surface area contributed by atoms with Gasteiger partial charge in [0.05, 0.1) is 19.3 Å². The van der Waals surface area contributed by atoms with Crippen molar-refractivity contribution >= 4 is 23.0 Å². The van der Waals surface area contributed by atoms with E-state index in [1.807, 2.05) is 23.1 Å². The second-order valence-corrected chi connectivity index (χ2v) is 8.00. The number of nitroso groups, excluding NO2 is 1. The van der Waals surface area contributed by atoms with Crippen LogP contribution in [0.15, 0.2) is 47.6 Å². The van der Waals surface area contributed by atoms with Crippen LogP contribution in [0, 0.1) is 4.91 Å². The van der Waals surface area contributed by atoms with E-state index >= 15 is 0 Å². The Morgan fingerprint density at radius 2 is 1.90 bits per heavy atom. The topological polar surface area (TPSA) is 74.2 Å². The molecule has 2 atom stereocenters. The van der Waals surface area contributed by atoms with Gasteiger partial charge in [0, 0.05) is 43.1 Å². The predicted octanol–water partition coefficient (Wildman–Crippen LogP) is 4.09. The molecule has 0 aliphatic carbocycles. The lowest BCUT2D eigenvalue weighted by atomic mass is 9.90. The van der Waals surface area contributed by atoms with E-state index in [0.717, 1.165) is 55.2 Å². The molecule has 1 saturated heterocycles. The molecule has 158 valence electrons. The Morgan fingerprint density at radius 1 is 1.17 bits per heavy atom. The summed E-state index contributed by atoms with van der Waals surface area (Å²) in [6.07, 6.45) is 0.787. The van der Waals surface area contributed by atoms with Crippen LogP contribution in [0.5, 0.6) is 0 Å². The molecule has 0 saturated carbocycles. The summed E-state index contributed by atoms with van der Waals surface area (Å²) in [5.74, 6) is 0.0262. The Kier molecular flexibility index (Phi) is 5.99. The number of benzene rings is 2. The van der Waals surface area contributed by atoms with Gasteiger partial charge in [-0.15, -0.1) is 0 Å². The van der Waals surface area contributed by atoms with Gasteiger partial charge >= 0.3 is 0 Å². The highest BCUT2D eigenvalue weighted by atomic mass is 16.5. The van der Waals surface area contributed by atoms with E-state index in [4.69, 9.17) is 4.74 Å². The molecule has 1 fully saturated rings. The Labute approximate surface area is 177 Å². The van der Waals surface area contributed by atoms with Gasteiger partial charge in [0.2, 0.25) is 5.91 Å². The average Bonchev–Trinajstić information content (AvgIpc) is 2.75. The van der Waals surface area contributed by atoms with Crippen molar-refractivity contribution in [3.63, 3.8) is 0 Å². The van der Waals surface area contributed by atoms with E-state index in [2.05, 4.69) is 46.6 Å². The smallest absolute Gasteiger partial charge is 0.224 e. The third-order valence-corrected chi connectivity index (χ3v) is 5.92. The number of morpholine rings is 1. The van der Waals surface area contributed by atoms with Gasteiger partial charge in [-0.1, -0.05) is 11.2 Å². The molecule has 30 heavy (non-hydrogen) atoms. The van der Waals surface area contributed by atoms with Crippen LogP contribution in [0.1, 0.15) is 37.4 Å². The molecule has 7 heteroatoms. The van der Waals surface area contributed by atoms with Crippen molar-refractivity contribution in [2.24, 2.45) is 5.18 Å². The molecule has 2 aliphatic rings. The summed E-state index contributed by atoms with van der Waals surface area (Å²) in [5.41, 5.74) is 5.02. The van der Waals surface area contributed by atoms with Gasteiger partial charge in [-0.3, -0.25) is 4.79 Å². The largest absolute Gasteiger partial charge is 0.378 e. The molecular formula is C23H28N4O3. The zero-order valence-corrected chi connectivity index (χ0v) is 17.5.